The standard InChI is InChI=1S/C16H22F2N2O3S/c1-16(2,3)23-15(22)19-10-6-9-13(21)20-11-7-4-5-8-12(11)24-14(17)18/h4-5,7-8,14H,6,9-10H2,1-3H3,(H,19,22)(H,20,21). The van der Waals surface area contributed by atoms with Gasteiger partial charge in [-0.15, -0.1) is 0 Å². The van der Waals surface area contributed by atoms with Gasteiger partial charge in [-0.2, -0.15) is 8.78 Å². The second kappa shape index (κ2) is 9.46. The first kappa shape index (κ1) is 20.2. The minimum atomic E-state index is -2.55. The summed E-state index contributed by atoms with van der Waals surface area (Å²) >= 11 is 0.383. The quantitative estimate of drug-likeness (QED) is 0.564. The SMILES string of the molecule is CC(C)(C)OC(=O)NCCCC(=O)Nc1ccccc1SC(F)F. The summed E-state index contributed by atoms with van der Waals surface area (Å²) in [5.74, 6) is -2.86. The molecule has 0 aliphatic heterocycles. The number of carbonyl (C=O) groups is 2. The predicted molar refractivity (Wildman–Crippen MR) is 90.4 cm³/mol. The number of alkyl halides is 2. The van der Waals surface area contributed by atoms with E-state index < -0.39 is 17.5 Å². The molecule has 1 rings (SSSR count). The van der Waals surface area contributed by atoms with Crippen molar-refractivity contribution >= 4 is 29.4 Å². The zero-order valence-corrected chi connectivity index (χ0v) is 14.7. The summed E-state index contributed by atoms with van der Waals surface area (Å²) in [5.41, 5.74) is -0.221. The first-order valence-corrected chi connectivity index (χ1v) is 8.36. The van der Waals surface area contributed by atoms with Gasteiger partial charge in [0, 0.05) is 17.9 Å². The van der Waals surface area contributed by atoms with Crippen LogP contribution in [0.25, 0.3) is 0 Å². The lowest BCUT2D eigenvalue weighted by Crippen LogP contribution is -2.33. The molecular weight excluding hydrogens is 338 g/mol. The van der Waals surface area contributed by atoms with Crippen LogP contribution in [0.2, 0.25) is 0 Å². The average molecular weight is 360 g/mol. The van der Waals surface area contributed by atoms with Crippen molar-refractivity contribution in [1.29, 1.82) is 0 Å². The second-order valence-corrected chi connectivity index (χ2v) is 6.99. The van der Waals surface area contributed by atoms with Gasteiger partial charge in [0.15, 0.2) is 0 Å². The molecule has 1 aromatic carbocycles. The number of rotatable bonds is 7. The van der Waals surface area contributed by atoms with E-state index in [0.717, 1.165) is 0 Å². The minimum Gasteiger partial charge on any atom is -0.444 e. The number of carbonyl (C=O) groups excluding carboxylic acids is 2. The Morgan fingerprint density at radius 2 is 1.92 bits per heavy atom. The highest BCUT2D eigenvalue weighted by Crippen LogP contribution is 2.31. The van der Waals surface area contributed by atoms with Gasteiger partial charge in [-0.05, 0) is 39.3 Å². The number of amides is 2. The van der Waals surface area contributed by atoms with Crippen LogP contribution in [-0.4, -0.2) is 29.9 Å². The van der Waals surface area contributed by atoms with Gasteiger partial charge < -0.3 is 15.4 Å². The smallest absolute Gasteiger partial charge is 0.407 e. The topological polar surface area (TPSA) is 67.4 Å². The Morgan fingerprint density at radius 1 is 1.25 bits per heavy atom. The van der Waals surface area contributed by atoms with Gasteiger partial charge in [0.2, 0.25) is 5.91 Å². The Labute approximate surface area is 144 Å². The fraction of sp³-hybridized carbons (Fsp3) is 0.500. The molecule has 2 amide bonds. The molecule has 5 nitrogen and oxygen atoms in total. The van der Waals surface area contributed by atoms with Crippen LogP contribution in [0.1, 0.15) is 33.6 Å². The Kier molecular flexibility index (Phi) is 7.97. The summed E-state index contributed by atoms with van der Waals surface area (Å²) in [6.07, 6.45) is 0.0280. The minimum absolute atomic E-state index is 0.156. The molecule has 0 fully saturated rings. The van der Waals surface area contributed by atoms with E-state index in [9.17, 15) is 18.4 Å². The van der Waals surface area contributed by atoms with Gasteiger partial charge in [-0.1, -0.05) is 23.9 Å². The fourth-order valence-electron chi connectivity index (χ4n) is 1.73. The molecule has 1 aromatic rings. The number of ether oxygens (including phenoxy) is 1. The summed E-state index contributed by atoms with van der Waals surface area (Å²) < 4.78 is 30.0. The normalized spacial score (nSPS) is 11.2. The summed E-state index contributed by atoms with van der Waals surface area (Å²) in [6, 6.07) is 6.39. The van der Waals surface area contributed by atoms with Crippen LogP contribution in [-0.2, 0) is 9.53 Å². The fourth-order valence-corrected chi connectivity index (χ4v) is 2.33. The maximum atomic E-state index is 12.5. The molecule has 0 aliphatic rings. The van der Waals surface area contributed by atoms with E-state index in [1.54, 1.807) is 39.0 Å². The Morgan fingerprint density at radius 3 is 2.54 bits per heavy atom. The lowest BCUT2D eigenvalue weighted by atomic mass is 10.2. The summed E-state index contributed by atoms with van der Waals surface area (Å²) in [5, 5.41) is 5.16. The molecule has 0 heterocycles. The summed E-state index contributed by atoms with van der Waals surface area (Å²) in [7, 11) is 0. The van der Waals surface area contributed by atoms with E-state index >= 15 is 0 Å². The molecule has 8 heteroatoms. The molecule has 0 atom stereocenters. The summed E-state index contributed by atoms with van der Waals surface area (Å²) in [6.45, 7) is 5.56. The Bertz CT molecular complexity index is 562. The van der Waals surface area contributed by atoms with Gasteiger partial charge in [-0.25, -0.2) is 4.79 Å². The third-order valence-corrected chi connectivity index (χ3v) is 3.41. The first-order valence-electron chi connectivity index (χ1n) is 7.48. The molecule has 0 unspecified atom stereocenters. The number of hydrogen-bond acceptors (Lipinski definition) is 4. The molecule has 2 N–H and O–H groups in total. The number of halogens is 2. The number of para-hydroxylation sites is 1. The van der Waals surface area contributed by atoms with Crippen LogP contribution in [0.3, 0.4) is 0 Å². The molecule has 134 valence electrons. The average Bonchev–Trinajstić information content (AvgIpc) is 2.43. The highest BCUT2D eigenvalue weighted by Gasteiger charge is 2.16. The van der Waals surface area contributed by atoms with E-state index in [1.165, 1.54) is 6.07 Å². The third kappa shape index (κ3) is 8.71. The largest absolute Gasteiger partial charge is 0.444 e. The second-order valence-electron chi connectivity index (χ2n) is 5.96. The van der Waals surface area contributed by atoms with Crippen molar-refractivity contribution in [2.24, 2.45) is 0 Å². The molecule has 0 radical (unpaired) electrons. The van der Waals surface area contributed by atoms with E-state index in [1.807, 2.05) is 0 Å². The van der Waals surface area contributed by atoms with E-state index in [2.05, 4.69) is 10.6 Å². The van der Waals surface area contributed by atoms with Crippen molar-refractivity contribution in [2.45, 2.75) is 49.9 Å². The highest BCUT2D eigenvalue weighted by molar-refractivity contribution is 7.99. The molecule has 0 aromatic heterocycles. The molecule has 24 heavy (non-hydrogen) atoms. The maximum Gasteiger partial charge on any atom is 0.407 e. The van der Waals surface area contributed by atoms with E-state index in [-0.39, 0.29) is 18.9 Å². The van der Waals surface area contributed by atoms with Gasteiger partial charge >= 0.3 is 6.09 Å². The van der Waals surface area contributed by atoms with Gasteiger partial charge in [0.05, 0.1) is 5.69 Å². The maximum absolute atomic E-state index is 12.5. The van der Waals surface area contributed by atoms with Crippen molar-refractivity contribution < 1.29 is 23.1 Å². The first-order chi connectivity index (χ1) is 11.2. The highest BCUT2D eigenvalue weighted by atomic mass is 32.2. The van der Waals surface area contributed by atoms with Crippen molar-refractivity contribution in [3.8, 4) is 0 Å². The predicted octanol–water partition coefficient (Wildman–Crippen LogP) is 4.24. The van der Waals surface area contributed by atoms with Crippen LogP contribution in [0.5, 0.6) is 0 Å². The number of hydrogen-bond donors (Lipinski definition) is 2. The molecule has 0 aliphatic carbocycles. The van der Waals surface area contributed by atoms with E-state index in [0.29, 0.717) is 28.8 Å². The lowest BCUT2D eigenvalue weighted by Gasteiger charge is -2.19. The van der Waals surface area contributed by atoms with Crippen molar-refractivity contribution in [3.63, 3.8) is 0 Å². The molecule has 0 saturated carbocycles. The van der Waals surface area contributed by atoms with E-state index in [4.69, 9.17) is 4.74 Å². The number of benzene rings is 1. The Hall–Kier alpha value is -1.83. The van der Waals surface area contributed by atoms with Crippen molar-refractivity contribution in [3.05, 3.63) is 24.3 Å². The van der Waals surface area contributed by atoms with Crippen LogP contribution in [0.15, 0.2) is 29.2 Å². The monoisotopic (exact) mass is 360 g/mol. The molecule has 0 spiro atoms. The molecule has 0 saturated heterocycles. The zero-order valence-electron chi connectivity index (χ0n) is 13.9. The number of thioether (sulfide) groups is 1. The van der Waals surface area contributed by atoms with Gasteiger partial charge in [0.1, 0.15) is 5.60 Å². The zero-order chi connectivity index (χ0) is 18.2. The Balaban J connectivity index is 2.36. The third-order valence-electron chi connectivity index (χ3n) is 2.63. The van der Waals surface area contributed by atoms with Crippen LogP contribution in [0.4, 0.5) is 19.3 Å². The van der Waals surface area contributed by atoms with Crippen molar-refractivity contribution in [1.82, 2.24) is 5.32 Å². The van der Waals surface area contributed by atoms with Crippen LogP contribution < -0.4 is 10.6 Å². The number of alkyl carbamates (subject to hydrolysis) is 1. The number of nitrogens with one attached hydrogen (secondary N) is 2. The molecular formula is C16H22F2N2O3S. The van der Waals surface area contributed by atoms with Crippen LogP contribution in [0, 0.1) is 0 Å². The summed E-state index contributed by atoms with van der Waals surface area (Å²) in [4.78, 5) is 23.6. The van der Waals surface area contributed by atoms with Gasteiger partial charge in [0.25, 0.3) is 5.76 Å². The lowest BCUT2D eigenvalue weighted by molar-refractivity contribution is -0.116. The number of anilines is 1. The van der Waals surface area contributed by atoms with Gasteiger partial charge in [-0.3, -0.25) is 4.79 Å². The molecule has 0 bridgehead atoms. The van der Waals surface area contributed by atoms with Crippen molar-refractivity contribution in [2.75, 3.05) is 11.9 Å². The van der Waals surface area contributed by atoms with Crippen LogP contribution >= 0.6 is 11.8 Å².